The van der Waals surface area contributed by atoms with Crippen LogP contribution in [0.4, 0.5) is 19.0 Å². The summed E-state index contributed by atoms with van der Waals surface area (Å²) >= 11 is 6.46. The molecule has 0 radical (unpaired) electrons. The number of fused-ring (bicyclic) bond motifs is 1. The topological polar surface area (TPSA) is 110 Å². The number of nitrogens with zero attached hydrogens (tertiary/aromatic N) is 5. The molecule has 0 aliphatic carbocycles. The molecule has 5 rings (SSSR count). The van der Waals surface area contributed by atoms with Gasteiger partial charge in [0, 0.05) is 62.1 Å². The second-order valence-corrected chi connectivity index (χ2v) is 9.77. The molecule has 2 aliphatic rings. The molecule has 2 aliphatic heterocycles. The first-order valence-corrected chi connectivity index (χ1v) is 12.7. The minimum atomic E-state index is -4.64. The van der Waals surface area contributed by atoms with Crippen LogP contribution < -0.4 is 16.0 Å². The smallest absolute Gasteiger partial charge is 0.379 e. The lowest BCUT2D eigenvalue weighted by Gasteiger charge is -2.34. The quantitative estimate of drug-likeness (QED) is 0.483. The summed E-state index contributed by atoms with van der Waals surface area (Å²) in [4.78, 5) is 29.3. The molecule has 2 atom stereocenters. The molecule has 2 saturated heterocycles. The van der Waals surface area contributed by atoms with Crippen molar-refractivity contribution < 1.29 is 22.7 Å². The van der Waals surface area contributed by atoms with E-state index in [0.29, 0.717) is 42.8 Å². The van der Waals surface area contributed by atoms with Gasteiger partial charge in [0.25, 0.3) is 5.91 Å². The molecule has 2 aromatic heterocycles. The number of carbonyl (C=O) groups is 1. The van der Waals surface area contributed by atoms with Crippen molar-refractivity contribution >= 4 is 34.2 Å². The first-order chi connectivity index (χ1) is 18.2. The average molecular weight is 550 g/mol. The molecule has 3 aromatic rings. The van der Waals surface area contributed by atoms with Gasteiger partial charge in [-0.15, -0.1) is 0 Å². The summed E-state index contributed by atoms with van der Waals surface area (Å²) in [6.45, 7) is 3.67. The molecule has 1 unspecified atom stereocenters. The maximum absolute atomic E-state index is 13.4. The largest absolute Gasteiger partial charge is 0.451 e. The van der Waals surface area contributed by atoms with Gasteiger partial charge in [0.15, 0.2) is 0 Å². The fraction of sp³-hybridized carbons (Fsp3) is 0.440. The number of hydrogen-bond donors (Lipinski definition) is 2. The number of amides is 1. The number of benzene rings is 1. The van der Waals surface area contributed by atoms with Gasteiger partial charge in [-0.1, -0.05) is 11.6 Å². The zero-order valence-corrected chi connectivity index (χ0v) is 21.2. The number of aromatic nitrogens is 3. The van der Waals surface area contributed by atoms with Crippen LogP contribution in [-0.2, 0) is 10.9 Å². The standard InChI is InChI=1S/C25H27ClF3N7O2/c26-18-2-3-19-17(1-4-21(34-19)36-6-5-16(30)14-36)22(18)23(37)31-13-20(35-7-9-38-10-8-35)15-11-32-24(33-12-15)25(27,28)29/h1-4,11-12,16,20H,5-10,13-14,30H2,(H,31,37)/t16-,20?/m1/s1. The highest BCUT2D eigenvalue weighted by atomic mass is 35.5. The monoisotopic (exact) mass is 549 g/mol. The predicted molar refractivity (Wildman–Crippen MR) is 136 cm³/mol. The zero-order valence-electron chi connectivity index (χ0n) is 20.4. The SMILES string of the molecule is N[C@@H]1CCN(c2ccc3c(C(=O)NCC(c4cnc(C(F)(F)F)nc4)N4CCOCC4)c(Cl)ccc3n2)C1. The molecule has 3 N–H and O–H groups in total. The summed E-state index contributed by atoms with van der Waals surface area (Å²) in [7, 11) is 0. The van der Waals surface area contributed by atoms with Gasteiger partial charge in [0.05, 0.1) is 35.4 Å². The van der Waals surface area contributed by atoms with E-state index in [-0.39, 0.29) is 23.2 Å². The van der Waals surface area contributed by atoms with Crippen molar-refractivity contribution in [1.82, 2.24) is 25.2 Å². The molecule has 0 saturated carbocycles. The van der Waals surface area contributed by atoms with Gasteiger partial charge in [-0.25, -0.2) is 15.0 Å². The molecule has 202 valence electrons. The Hall–Kier alpha value is -3.06. The van der Waals surface area contributed by atoms with E-state index in [1.54, 1.807) is 12.1 Å². The molecule has 4 heterocycles. The van der Waals surface area contributed by atoms with Crippen molar-refractivity contribution in [1.29, 1.82) is 0 Å². The number of nitrogens with one attached hydrogen (secondary N) is 1. The van der Waals surface area contributed by atoms with Crippen molar-refractivity contribution in [3.63, 3.8) is 0 Å². The lowest BCUT2D eigenvalue weighted by molar-refractivity contribution is -0.145. The minimum Gasteiger partial charge on any atom is -0.379 e. The van der Waals surface area contributed by atoms with Gasteiger partial charge in [-0.3, -0.25) is 9.69 Å². The number of halogens is 4. The van der Waals surface area contributed by atoms with Crippen LogP contribution in [0.5, 0.6) is 0 Å². The Labute approximate surface area is 222 Å². The Balaban J connectivity index is 1.38. The molecular formula is C25H27ClF3N7O2. The Morgan fingerprint density at radius 1 is 1.16 bits per heavy atom. The number of rotatable bonds is 6. The summed E-state index contributed by atoms with van der Waals surface area (Å²) in [6, 6.07) is 6.73. The van der Waals surface area contributed by atoms with E-state index in [4.69, 9.17) is 27.1 Å². The number of morpholine rings is 1. The van der Waals surface area contributed by atoms with Crippen molar-refractivity contribution in [2.45, 2.75) is 24.7 Å². The van der Waals surface area contributed by atoms with E-state index >= 15 is 0 Å². The van der Waals surface area contributed by atoms with E-state index < -0.39 is 23.9 Å². The molecule has 2 fully saturated rings. The second kappa shape index (κ2) is 11.0. The third-order valence-corrected chi connectivity index (χ3v) is 7.15. The van der Waals surface area contributed by atoms with Gasteiger partial charge in [-0.2, -0.15) is 13.2 Å². The first kappa shape index (κ1) is 26.5. The Kier molecular flexibility index (Phi) is 7.66. The Morgan fingerprint density at radius 2 is 1.89 bits per heavy atom. The fourth-order valence-corrected chi connectivity index (χ4v) is 5.10. The van der Waals surface area contributed by atoms with E-state index in [0.717, 1.165) is 37.7 Å². The van der Waals surface area contributed by atoms with Crippen molar-refractivity contribution in [3.8, 4) is 0 Å². The highest BCUT2D eigenvalue weighted by Crippen LogP contribution is 2.30. The Bertz CT molecular complexity index is 1300. The van der Waals surface area contributed by atoms with Gasteiger partial charge in [0.2, 0.25) is 5.82 Å². The van der Waals surface area contributed by atoms with Crippen LogP contribution in [0.2, 0.25) is 5.02 Å². The number of alkyl halides is 3. The van der Waals surface area contributed by atoms with Crippen molar-refractivity contribution in [2.24, 2.45) is 5.73 Å². The average Bonchev–Trinajstić information content (AvgIpc) is 3.35. The van der Waals surface area contributed by atoms with Gasteiger partial charge in [0.1, 0.15) is 5.82 Å². The highest BCUT2D eigenvalue weighted by molar-refractivity contribution is 6.35. The first-order valence-electron chi connectivity index (χ1n) is 12.3. The van der Waals surface area contributed by atoms with E-state index in [2.05, 4.69) is 20.2 Å². The fourth-order valence-electron chi connectivity index (χ4n) is 4.85. The summed E-state index contributed by atoms with van der Waals surface area (Å²) in [5, 5.41) is 3.78. The zero-order chi connectivity index (χ0) is 26.9. The van der Waals surface area contributed by atoms with Gasteiger partial charge < -0.3 is 20.7 Å². The van der Waals surface area contributed by atoms with Crippen LogP contribution in [0.15, 0.2) is 36.7 Å². The number of nitrogens with two attached hydrogens (primary N) is 1. The van der Waals surface area contributed by atoms with Crippen LogP contribution in [0.1, 0.15) is 34.2 Å². The van der Waals surface area contributed by atoms with E-state index in [1.807, 2.05) is 17.0 Å². The van der Waals surface area contributed by atoms with Gasteiger partial charge in [-0.05, 0) is 30.7 Å². The summed E-state index contributed by atoms with van der Waals surface area (Å²) in [5.74, 6) is -0.838. The molecule has 13 heteroatoms. The van der Waals surface area contributed by atoms with Crippen molar-refractivity contribution in [2.75, 3.05) is 50.8 Å². The lowest BCUT2D eigenvalue weighted by atomic mass is 10.1. The maximum atomic E-state index is 13.4. The number of carbonyl (C=O) groups excluding carboxylic acids is 1. The lowest BCUT2D eigenvalue weighted by Crippen LogP contribution is -2.44. The van der Waals surface area contributed by atoms with Crippen LogP contribution in [0, 0.1) is 0 Å². The van der Waals surface area contributed by atoms with E-state index in [9.17, 15) is 18.0 Å². The molecule has 0 spiro atoms. The van der Waals surface area contributed by atoms with Crippen LogP contribution >= 0.6 is 11.6 Å². The molecule has 1 amide bonds. The summed E-state index contributed by atoms with van der Waals surface area (Å²) < 4.78 is 44.3. The molecule has 38 heavy (non-hydrogen) atoms. The maximum Gasteiger partial charge on any atom is 0.451 e. The molecular weight excluding hydrogens is 523 g/mol. The number of ether oxygens (including phenoxy) is 1. The number of pyridine rings is 1. The summed E-state index contributed by atoms with van der Waals surface area (Å²) in [6.07, 6.45) is -1.44. The predicted octanol–water partition coefficient (Wildman–Crippen LogP) is 3.04. The van der Waals surface area contributed by atoms with Gasteiger partial charge >= 0.3 is 6.18 Å². The van der Waals surface area contributed by atoms with Crippen LogP contribution in [0.25, 0.3) is 10.9 Å². The number of hydrogen-bond acceptors (Lipinski definition) is 8. The second-order valence-electron chi connectivity index (χ2n) is 9.37. The third kappa shape index (κ3) is 5.68. The third-order valence-electron chi connectivity index (χ3n) is 6.83. The molecule has 9 nitrogen and oxygen atoms in total. The molecule has 0 bridgehead atoms. The summed E-state index contributed by atoms with van der Waals surface area (Å²) in [5.41, 5.74) is 7.40. The van der Waals surface area contributed by atoms with Crippen LogP contribution in [-0.4, -0.2) is 77.7 Å². The Morgan fingerprint density at radius 3 is 2.55 bits per heavy atom. The van der Waals surface area contributed by atoms with E-state index in [1.165, 1.54) is 0 Å². The van der Waals surface area contributed by atoms with Crippen LogP contribution in [0.3, 0.4) is 0 Å². The minimum absolute atomic E-state index is 0.105. The number of anilines is 1. The molecule has 1 aromatic carbocycles. The highest BCUT2D eigenvalue weighted by Gasteiger charge is 2.35. The van der Waals surface area contributed by atoms with Crippen molar-refractivity contribution in [3.05, 3.63) is 58.6 Å². The normalized spacial score (nSPS) is 19.6.